The summed E-state index contributed by atoms with van der Waals surface area (Å²) in [6.07, 6.45) is 0. The lowest BCUT2D eigenvalue weighted by Crippen LogP contribution is -2.34. The first kappa shape index (κ1) is 20.2. The monoisotopic (exact) mass is 419 g/mol. The lowest BCUT2D eigenvalue weighted by molar-refractivity contribution is -0.113. The largest absolute Gasteiger partial charge is 0.494 e. The molecule has 0 saturated heterocycles. The minimum Gasteiger partial charge on any atom is -0.494 e. The third-order valence-corrected chi connectivity index (χ3v) is 6.37. The van der Waals surface area contributed by atoms with E-state index in [-0.39, 0.29) is 16.6 Å². The molecule has 0 saturated carbocycles. The standard InChI is InChI=1S/C19H21N3O4S2/c1-3-22-16-7-5-6-8-17(16)28(24,25)21-19(22)27-13-18(23)20-14-9-11-15(12-10-14)26-4-2/h5-12H,3-4,13H2,1-2H3,(H,20,23). The zero-order valence-corrected chi connectivity index (χ0v) is 17.2. The summed E-state index contributed by atoms with van der Waals surface area (Å²) in [6.45, 7) is 4.92. The van der Waals surface area contributed by atoms with Crippen molar-refractivity contribution < 1.29 is 17.9 Å². The first-order valence-electron chi connectivity index (χ1n) is 8.81. The van der Waals surface area contributed by atoms with Crippen LogP contribution in [-0.4, -0.2) is 38.4 Å². The number of nitrogens with zero attached hydrogens (tertiary/aromatic N) is 2. The number of nitrogens with one attached hydrogen (secondary N) is 1. The third kappa shape index (κ3) is 4.48. The third-order valence-electron chi connectivity index (χ3n) is 3.96. The Morgan fingerprint density at radius 1 is 1.14 bits per heavy atom. The van der Waals surface area contributed by atoms with Crippen LogP contribution in [0.3, 0.4) is 0 Å². The SMILES string of the molecule is CCOc1ccc(NC(=O)CSC2=NS(=O)(=O)c3ccccc3N2CC)cc1. The second-order valence-electron chi connectivity index (χ2n) is 5.86. The molecule has 2 aromatic rings. The molecule has 1 amide bonds. The number of hydrogen-bond donors (Lipinski definition) is 1. The molecule has 0 unspecified atom stereocenters. The van der Waals surface area contributed by atoms with Crippen LogP contribution < -0.4 is 15.0 Å². The summed E-state index contributed by atoms with van der Waals surface area (Å²) in [5.41, 5.74) is 1.22. The van der Waals surface area contributed by atoms with E-state index in [1.54, 1.807) is 47.4 Å². The van der Waals surface area contributed by atoms with Gasteiger partial charge in [0, 0.05) is 12.2 Å². The van der Waals surface area contributed by atoms with Gasteiger partial charge in [-0.1, -0.05) is 23.9 Å². The van der Waals surface area contributed by atoms with Crippen molar-refractivity contribution in [1.82, 2.24) is 0 Å². The van der Waals surface area contributed by atoms with E-state index >= 15 is 0 Å². The number of thioether (sulfide) groups is 1. The maximum atomic E-state index is 12.4. The normalized spacial score (nSPS) is 14.8. The molecule has 1 aliphatic rings. The highest BCUT2D eigenvalue weighted by molar-refractivity contribution is 8.15. The molecule has 28 heavy (non-hydrogen) atoms. The summed E-state index contributed by atoms with van der Waals surface area (Å²) in [5.74, 6) is 0.526. The van der Waals surface area contributed by atoms with Crippen molar-refractivity contribution in [3.63, 3.8) is 0 Å². The average molecular weight is 420 g/mol. The molecular weight excluding hydrogens is 398 g/mol. The lowest BCUT2D eigenvalue weighted by atomic mass is 10.3. The van der Waals surface area contributed by atoms with E-state index in [1.165, 1.54) is 6.07 Å². The average Bonchev–Trinajstić information content (AvgIpc) is 2.68. The molecular formula is C19H21N3O4S2. The maximum Gasteiger partial charge on any atom is 0.286 e. The van der Waals surface area contributed by atoms with Crippen LogP contribution in [0.1, 0.15) is 13.8 Å². The van der Waals surface area contributed by atoms with E-state index in [0.717, 1.165) is 17.5 Å². The number of benzene rings is 2. The molecule has 3 rings (SSSR count). The molecule has 1 heterocycles. The Morgan fingerprint density at radius 3 is 2.54 bits per heavy atom. The van der Waals surface area contributed by atoms with Crippen LogP contribution in [0, 0.1) is 0 Å². The Kier molecular flexibility index (Phi) is 6.25. The van der Waals surface area contributed by atoms with Crippen molar-refractivity contribution in [2.24, 2.45) is 4.40 Å². The summed E-state index contributed by atoms with van der Waals surface area (Å²) in [7, 11) is -3.77. The summed E-state index contributed by atoms with van der Waals surface area (Å²) in [6, 6.07) is 13.8. The van der Waals surface area contributed by atoms with Crippen LogP contribution >= 0.6 is 11.8 Å². The molecule has 148 valence electrons. The smallest absolute Gasteiger partial charge is 0.286 e. The minimum absolute atomic E-state index is 0.0419. The molecule has 0 atom stereocenters. The molecule has 1 aliphatic heterocycles. The van der Waals surface area contributed by atoms with Gasteiger partial charge in [-0.3, -0.25) is 4.79 Å². The van der Waals surface area contributed by atoms with E-state index in [9.17, 15) is 13.2 Å². The second kappa shape index (κ2) is 8.66. The summed E-state index contributed by atoms with van der Waals surface area (Å²) in [5, 5.41) is 3.08. The Labute approximate surface area is 168 Å². The summed E-state index contributed by atoms with van der Waals surface area (Å²) >= 11 is 1.09. The van der Waals surface area contributed by atoms with Crippen LogP contribution in [-0.2, 0) is 14.8 Å². The molecule has 2 aromatic carbocycles. The van der Waals surface area contributed by atoms with Gasteiger partial charge < -0.3 is 15.0 Å². The minimum atomic E-state index is -3.77. The molecule has 0 fully saturated rings. The summed E-state index contributed by atoms with van der Waals surface area (Å²) in [4.78, 5) is 14.3. The van der Waals surface area contributed by atoms with Gasteiger partial charge >= 0.3 is 0 Å². The van der Waals surface area contributed by atoms with E-state index in [2.05, 4.69) is 9.71 Å². The Bertz CT molecular complexity index is 988. The molecule has 9 heteroatoms. The number of para-hydroxylation sites is 1. The number of anilines is 2. The predicted octanol–water partition coefficient (Wildman–Crippen LogP) is 3.34. The van der Waals surface area contributed by atoms with Crippen molar-refractivity contribution in [3.05, 3.63) is 48.5 Å². The maximum absolute atomic E-state index is 12.4. The lowest BCUT2D eigenvalue weighted by Gasteiger charge is -2.29. The van der Waals surface area contributed by atoms with E-state index < -0.39 is 10.0 Å². The molecule has 0 radical (unpaired) electrons. The molecule has 0 aromatic heterocycles. The van der Waals surface area contributed by atoms with Crippen LogP contribution in [0.5, 0.6) is 5.75 Å². The fraction of sp³-hybridized carbons (Fsp3) is 0.263. The quantitative estimate of drug-likeness (QED) is 0.773. The van der Waals surface area contributed by atoms with Gasteiger partial charge in [-0.15, -0.1) is 4.40 Å². The number of carbonyl (C=O) groups excluding carboxylic acids is 1. The Hall–Kier alpha value is -2.52. The predicted molar refractivity (Wildman–Crippen MR) is 113 cm³/mol. The van der Waals surface area contributed by atoms with Gasteiger partial charge in [0.15, 0.2) is 5.17 Å². The highest BCUT2D eigenvalue weighted by atomic mass is 32.2. The molecule has 0 spiro atoms. The topological polar surface area (TPSA) is 88.1 Å². The Balaban J connectivity index is 1.68. The second-order valence-corrected chi connectivity index (χ2v) is 8.37. The highest BCUT2D eigenvalue weighted by Crippen LogP contribution is 2.33. The number of fused-ring (bicyclic) bond motifs is 1. The van der Waals surface area contributed by atoms with Gasteiger partial charge in [-0.2, -0.15) is 8.42 Å². The highest BCUT2D eigenvalue weighted by Gasteiger charge is 2.30. The fourth-order valence-electron chi connectivity index (χ4n) is 2.74. The van der Waals surface area contributed by atoms with E-state index in [1.807, 2.05) is 13.8 Å². The molecule has 0 bridgehead atoms. The first-order valence-corrected chi connectivity index (χ1v) is 11.2. The molecule has 0 aliphatic carbocycles. The molecule has 1 N–H and O–H groups in total. The number of rotatable bonds is 6. The number of hydrogen-bond acceptors (Lipinski definition) is 6. The van der Waals surface area contributed by atoms with Gasteiger partial charge in [0.25, 0.3) is 10.0 Å². The number of amides is 1. The van der Waals surface area contributed by atoms with Gasteiger partial charge in [0.05, 0.1) is 18.0 Å². The fourth-order valence-corrected chi connectivity index (χ4v) is 5.06. The van der Waals surface area contributed by atoms with Gasteiger partial charge in [-0.05, 0) is 50.2 Å². The van der Waals surface area contributed by atoms with Crippen LogP contribution in [0.4, 0.5) is 11.4 Å². The zero-order chi connectivity index (χ0) is 20.1. The van der Waals surface area contributed by atoms with Crippen molar-refractivity contribution in [3.8, 4) is 5.75 Å². The molecule has 7 nitrogen and oxygen atoms in total. The van der Waals surface area contributed by atoms with Crippen LogP contribution in [0.15, 0.2) is 57.8 Å². The van der Waals surface area contributed by atoms with E-state index in [4.69, 9.17) is 4.74 Å². The van der Waals surface area contributed by atoms with Gasteiger partial charge in [0.1, 0.15) is 10.6 Å². The van der Waals surface area contributed by atoms with Crippen molar-refractivity contribution in [1.29, 1.82) is 0 Å². The van der Waals surface area contributed by atoms with Crippen molar-refractivity contribution >= 4 is 44.2 Å². The number of sulfonamides is 1. The van der Waals surface area contributed by atoms with Crippen molar-refractivity contribution in [2.75, 3.05) is 29.1 Å². The van der Waals surface area contributed by atoms with E-state index in [0.29, 0.717) is 29.7 Å². The number of ether oxygens (including phenoxy) is 1. The first-order chi connectivity index (χ1) is 13.4. The Morgan fingerprint density at radius 2 is 1.86 bits per heavy atom. The summed E-state index contributed by atoms with van der Waals surface area (Å²) < 4.78 is 34.1. The number of carbonyl (C=O) groups is 1. The number of amidine groups is 1. The van der Waals surface area contributed by atoms with Crippen LogP contribution in [0.25, 0.3) is 0 Å². The van der Waals surface area contributed by atoms with Gasteiger partial charge in [0.2, 0.25) is 5.91 Å². The van der Waals surface area contributed by atoms with Gasteiger partial charge in [-0.25, -0.2) is 0 Å². The van der Waals surface area contributed by atoms with Crippen molar-refractivity contribution in [2.45, 2.75) is 18.7 Å². The van der Waals surface area contributed by atoms with Crippen LogP contribution in [0.2, 0.25) is 0 Å². The zero-order valence-electron chi connectivity index (χ0n) is 15.6.